The highest BCUT2D eigenvalue weighted by Crippen LogP contribution is 2.31. The average Bonchev–Trinajstić information content (AvgIpc) is 2.90. The summed E-state index contributed by atoms with van der Waals surface area (Å²) < 4.78 is 0. The molecule has 1 atom stereocenters. The van der Waals surface area contributed by atoms with Gasteiger partial charge in [-0.3, -0.25) is 14.6 Å². The number of carbonyl (C=O) groups excluding carboxylic acids is 1. The Bertz CT molecular complexity index is 1280. The van der Waals surface area contributed by atoms with Crippen LogP contribution in [-0.4, -0.2) is 38.9 Å². The van der Waals surface area contributed by atoms with E-state index in [1.807, 2.05) is 62.4 Å². The van der Waals surface area contributed by atoms with Crippen molar-refractivity contribution in [1.29, 1.82) is 0 Å². The summed E-state index contributed by atoms with van der Waals surface area (Å²) in [4.78, 5) is 28.3. The van der Waals surface area contributed by atoms with Gasteiger partial charge in [0, 0.05) is 29.9 Å². The molecule has 1 aromatic heterocycles. The third-order valence-electron chi connectivity index (χ3n) is 7.23. The first-order valence-corrected chi connectivity index (χ1v) is 12.7. The summed E-state index contributed by atoms with van der Waals surface area (Å²) in [7, 11) is 0. The van der Waals surface area contributed by atoms with E-state index in [9.17, 15) is 19.9 Å². The lowest BCUT2D eigenvalue weighted by atomic mass is 9.82. The van der Waals surface area contributed by atoms with Gasteiger partial charge in [-0.25, -0.2) is 0 Å². The molecule has 3 aromatic rings. The first kappa shape index (κ1) is 26.1. The van der Waals surface area contributed by atoms with Crippen LogP contribution < -0.4 is 5.32 Å². The van der Waals surface area contributed by atoms with E-state index in [-0.39, 0.29) is 23.8 Å². The number of aliphatic carboxylic acids is 1. The van der Waals surface area contributed by atoms with Crippen LogP contribution in [-0.2, 0) is 11.2 Å². The summed E-state index contributed by atoms with van der Waals surface area (Å²) in [6.07, 6.45) is 4.71. The Morgan fingerprint density at radius 3 is 2.35 bits per heavy atom. The number of aromatic nitrogens is 1. The zero-order chi connectivity index (χ0) is 26.4. The normalized spacial score (nSPS) is 18.7. The quantitative estimate of drug-likeness (QED) is 0.222. The highest BCUT2D eigenvalue weighted by molar-refractivity contribution is 5.97. The molecule has 1 amide bonds. The van der Waals surface area contributed by atoms with Crippen LogP contribution in [0.25, 0.3) is 0 Å². The number of hydrogen-bond donors (Lipinski definition) is 3. The van der Waals surface area contributed by atoms with Gasteiger partial charge in [0.1, 0.15) is 0 Å². The lowest BCUT2D eigenvalue weighted by Crippen LogP contribution is -2.38. The summed E-state index contributed by atoms with van der Waals surface area (Å²) in [6.45, 7) is 3.97. The number of carboxylic acids is 1. The van der Waals surface area contributed by atoms with Crippen LogP contribution in [0.2, 0.25) is 0 Å². The monoisotopic (exact) mass is 499 g/mol. The molecule has 37 heavy (non-hydrogen) atoms. The Hall–Kier alpha value is -4.00. The van der Waals surface area contributed by atoms with E-state index in [1.165, 1.54) is 0 Å². The number of nitrogens with one attached hydrogen (secondary N) is 1. The fraction of sp³-hybridized carbons (Fsp3) is 0.333. The molecule has 7 nitrogen and oxygen atoms in total. The summed E-state index contributed by atoms with van der Waals surface area (Å²) in [5.74, 6) is -1.53. The minimum Gasteiger partial charge on any atom is -0.481 e. The molecule has 2 aromatic carbocycles. The fourth-order valence-electron chi connectivity index (χ4n) is 5.16. The molecule has 192 valence electrons. The van der Waals surface area contributed by atoms with Gasteiger partial charge in [-0.1, -0.05) is 41.6 Å². The first-order valence-electron chi connectivity index (χ1n) is 12.7. The number of amides is 1. The molecule has 0 unspecified atom stereocenters. The first-order chi connectivity index (χ1) is 17.9. The Kier molecular flexibility index (Phi) is 8.33. The Labute approximate surface area is 217 Å². The van der Waals surface area contributed by atoms with Crippen LogP contribution in [0.3, 0.4) is 0 Å². The molecule has 0 aliphatic heterocycles. The number of benzene rings is 2. The zero-order valence-corrected chi connectivity index (χ0v) is 21.2. The van der Waals surface area contributed by atoms with Crippen molar-refractivity contribution in [3.63, 3.8) is 0 Å². The molecule has 7 heteroatoms. The molecule has 1 heterocycles. The highest BCUT2D eigenvalue weighted by atomic mass is 16.4. The molecular weight excluding hydrogens is 466 g/mol. The van der Waals surface area contributed by atoms with Gasteiger partial charge in [0.2, 0.25) is 0 Å². The predicted octanol–water partition coefficient (Wildman–Crippen LogP) is 5.28. The maximum atomic E-state index is 12.9. The third-order valence-corrected chi connectivity index (χ3v) is 7.23. The van der Waals surface area contributed by atoms with Crippen LogP contribution in [0.5, 0.6) is 0 Å². The Morgan fingerprint density at radius 1 is 1.03 bits per heavy atom. The van der Waals surface area contributed by atoms with Crippen molar-refractivity contribution < 1.29 is 19.9 Å². The minimum atomic E-state index is -0.756. The maximum absolute atomic E-state index is 12.9. The number of nitrogens with zero attached hydrogens (tertiary/aromatic N) is 2. The standard InChI is InChI=1S/C30H33N3O4/c1-19-5-3-4-6-26(19)28(27(33-37)18-21-15-16-31-20(2)17-21)22-7-9-23(10-8-22)29(34)32-25-13-11-24(12-14-25)30(35)36/h3-10,15-17,24-25,28,37H,11-14,18H2,1-2H3,(H,32,34)(H,35,36)/b33-27+/t24?,25?,28-/m1/s1. The van der Waals surface area contributed by atoms with Gasteiger partial charge >= 0.3 is 5.97 Å². The number of hydrogen-bond acceptors (Lipinski definition) is 5. The van der Waals surface area contributed by atoms with E-state index >= 15 is 0 Å². The molecule has 1 aliphatic rings. The fourth-order valence-corrected chi connectivity index (χ4v) is 5.16. The second kappa shape index (κ2) is 11.8. The number of carbonyl (C=O) groups is 2. The predicted molar refractivity (Wildman–Crippen MR) is 142 cm³/mol. The van der Waals surface area contributed by atoms with Gasteiger partial charge in [0.15, 0.2) is 0 Å². The second-order valence-corrected chi connectivity index (χ2v) is 9.85. The molecule has 4 rings (SSSR count). The van der Waals surface area contributed by atoms with Crippen LogP contribution in [0, 0.1) is 19.8 Å². The minimum absolute atomic E-state index is 0.0144. The van der Waals surface area contributed by atoms with Crippen LogP contribution in [0.15, 0.2) is 72.0 Å². The van der Waals surface area contributed by atoms with Crippen molar-refractivity contribution in [3.05, 3.63) is 100 Å². The van der Waals surface area contributed by atoms with Crippen molar-refractivity contribution >= 4 is 17.6 Å². The summed E-state index contributed by atoms with van der Waals surface area (Å²) in [6, 6.07) is 19.3. The molecule has 0 saturated heterocycles. The number of aryl methyl sites for hydroxylation is 2. The van der Waals surface area contributed by atoms with Gasteiger partial charge in [-0.15, -0.1) is 0 Å². The van der Waals surface area contributed by atoms with Gasteiger partial charge in [0.05, 0.1) is 17.5 Å². The molecule has 3 N–H and O–H groups in total. The van der Waals surface area contributed by atoms with Crippen molar-refractivity contribution in [2.45, 2.75) is 57.9 Å². The SMILES string of the molecule is Cc1cc(C/C(=N\O)[C@H](c2ccc(C(=O)NC3CCC(C(=O)O)CC3)cc2)c2ccccc2C)ccn1. The number of rotatable bonds is 8. The molecular formula is C30H33N3O4. The van der Waals surface area contributed by atoms with Crippen molar-refractivity contribution in [1.82, 2.24) is 10.3 Å². The lowest BCUT2D eigenvalue weighted by Gasteiger charge is -2.27. The maximum Gasteiger partial charge on any atom is 0.306 e. The average molecular weight is 500 g/mol. The van der Waals surface area contributed by atoms with Crippen molar-refractivity contribution in [3.8, 4) is 0 Å². The highest BCUT2D eigenvalue weighted by Gasteiger charge is 2.27. The van der Waals surface area contributed by atoms with E-state index in [2.05, 4.69) is 15.5 Å². The summed E-state index contributed by atoms with van der Waals surface area (Å²) in [5, 5.41) is 26.1. The van der Waals surface area contributed by atoms with Crippen LogP contribution in [0.4, 0.5) is 0 Å². The summed E-state index contributed by atoms with van der Waals surface area (Å²) in [5.41, 5.74) is 6.09. The van der Waals surface area contributed by atoms with Crippen LogP contribution >= 0.6 is 0 Å². The van der Waals surface area contributed by atoms with Crippen molar-refractivity contribution in [2.24, 2.45) is 11.1 Å². The van der Waals surface area contributed by atoms with Crippen molar-refractivity contribution in [2.75, 3.05) is 0 Å². The van der Waals surface area contributed by atoms with E-state index in [1.54, 1.807) is 18.3 Å². The second-order valence-electron chi connectivity index (χ2n) is 9.85. The van der Waals surface area contributed by atoms with Gasteiger partial charge in [-0.2, -0.15) is 0 Å². The van der Waals surface area contributed by atoms with E-state index in [0.717, 1.165) is 27.9 Å². The number of pyridine rings is 1. The zero-order valence-electron chi connectivity index (χ0n) is 21.2. The Morgan fingerprint density at radius 2 is 1.73 bits per heavy atom. The van der Waals surface area contributed by atoms with Gasteiger partial charge in [0.25, 0.3) is 5.91 Å². The third kappa shape index (κ3) is 6.42. The molecule has 1 aliphatic carbocycles. The summed E-state index contributed by atoms with van der Waals surface area (Å²) >= 11 is 0. The van der Waals surface area contributed by atoms with E-state index in [4.69, 9.17) is 0 Å². The van der Waals surface area contributed by atoms with Crippen LogP contribution in [0.1, 0.15) is 69.9 Å². The number of oxime groups is 1. The molecule has 0 radical (unpaired) electrons. The Balaban J connectivity index is 1.55. The molecule has 1 saturated carbocycles. The largest absolute Gasteiger partial charge is 0.481 e. The van der Waals surface area contributed by atoms with E-state index in [0.29, 0.717) is 43.4 Å². The molecule has 1 fully saturated rings. The molecule has 0 spiro atoms. The van der Waals surface area contributed by atoms with E-state index < -0.39 is 5.97 Å². The van der Waals surface area contributed by atoms with Gasteiger partial charge in [-0.05, 0) is 86.1 Å². The topological polar surface area (TPSA) is 112 Å². The smallest absolute Gasteiger partial charge is 0.306 e. The van der Waals surface area contributed by atoms with Gasteiger partial charge < -0.3 is 15.6 Å². The lowest BCUT2D eigenvalue weighted by molar-refractivity contribution is -0.142. The molecule has 0 bridgehead atoms. The number of carboxylic acid groups (broad SMARTS) is 1.